The summed E-state index contributed by atoms with van der Waals surface area (Å²) >= 11 is 0. The zero-order valence-electron chi connectivity index (χ0n) is 16.2. The van der Waals surface area contributed by atoms with E-state index in [4.69, 9.17) is 10.00 Å². The minimum absolute atomic E-state index is 0.00366. The van der Waals surface area contributed by atoms with Crippen LogP contribution >= 0.6 is 0 Å². The topological polar surface area (TPSA) is 194 Å². The lowest BCUT2D eigenvalue weighted by Crippen LogP contribution is -2.28. The lowest BCUT2D eigenvalue weighted by molar-refractivity contribution is -0.386. The first-order valence-electron chi connectivity index (χ1n) is 8.37. The summed E-state index contributed by atoms with van der Waals surface area (Å²) in [6.07, 6.45) is 1.03. The highest BCUT2D eigenvalue weighted by molar-refractivity contribution is 6.03. The fourth-order valence-corrected chi connectivity index (χ4v) is 2.57. The number of pyridine rings is 1. The monoisotopic (exact) mass is 425 g/mol. The number of amides is 1. The van der Waals surface area contributed by atoms with Crippen molar-refractivity contribution in [1.82, 2.24) is 9.88 Å². The van der Waals surface area contributed by atoms with E-state index in [0.717, 1.165) is 30.3 Å². The molecule has 12 heteroatoms. The van der Waals surface area contributed by atoms with Crippen LogP contribution in [0.1, 0.15) is 16.8 Å². The first kappa shape index (κ1) is 22.4. The van der Waals surface area contributed by atoms with Gasteiger partial charge in [-0.25, -0.2) is 4.98 Å². The Morgan fingerprint density at radius 3 is 2.55 bits per heavy atom. The van der Waals surface area contributed by atoms with Crippen LogP contribution in [0.2, 0.25) is 0 Å². The first-order chi connectivity index (χ1) is 14.6. The van der Waals surface area contributed by atoms with Gasteiger partial charge in [0, 0.05) is 30.8 Å². The molecule has 1 aromatic carbocycles. The molecule has 0 aliphatic carbocycles. The number of hydrogen-bond acceptors (Lipinski definition) is 10. The number of aliphatic hydroxyl groups is 1. The average Bonchev–Trinajstić information content (AvgIpc) is 2.75. The first-order valence-corrected chi connectivity index (χ1v) is 8.37. The number of phenolic OH excluding ortho intramolecular Hbond substituents is 1. The van der Waals surface area contributed by atoms with Crippen LogP contribution in [0.3, 0.4) is 0 Å². The van der Waals surface area contributed by atoms with Gasteiger partial charge < -0.3 is 25.0 Å². The summed E-state index contributed by atoms with van der Waals surface area (Å²) in [7, 11) is 2.41. The fourth-order valence-electron chi connectivity index (χ4n) is 2.57. The molecule has 0 fully saturated rings. The van der Waals surface area contributed by atoms with Gasteiger partial charge in [-0.3, -0.25) is 14.9 Å². The number of hydrogen-bond donors (Lipinski definition) is 3. The third kappa shape index (κ3) is 4.60. The number of benzene rings is 1. The van der Waals surface area contributed by atoms with Crippen LogP contribution in [0.25, 0.3) is 5.76 Å². The van der Waals surface area contributed by atoms with Crippen LogP contribution in [0.5, 0.6) is 17.2 Å². The molecule has 0 aliphatic rings. The van der Waals surface area contributed by atoms with Gasteiger partial charge in [-0.15, -0.1) is 0 Å². The number of rotatable bonds is 6. The largest absolute Gasteiger partial charge is 0.506 e. The van der Waals surface area contributed by atoms with E-state index in [1.807, 2.05) is 0 Å². The number of carbonyl (C=O) groups excluding carboxylic acids is 1. The number of nitro groups is 1. The maximum absolute atomic E-state index is 12.7. The smallest absolute Gasteiger partial charge is 0.315 e. The molecule has 3 N–H and O–H groups in total. The van der Waals surface area contributed by atoms with E-state index in [-0.39, 0.29) is 34.9 Å². The molecule has 1 amide bonds. The second-order valence-corrected chi connectivity index (χ2v) is 6.11. The number of nitro benzene ring substituents is 1. The molecule has 0 atom stereocenters. The second kappa shape index (κ2) is 9.11. The number of likely N-dealkylation sites (N-methyl/N-ethyl adjacent to an activating group) is 1. The van der Waals surface area contributed by atoms with Crippen LogP contribution in [0.4, 0.5) is 5.69 Å². The van der Waals surface area contributed by atoms with Gasteiger partial charge >= 0.3 is 5.69 Å². The summed E-state index contributed by atoms with van der Waals surface area (Å²) in [5.74, 6) is -3.27. The van der Waals surface area contributed by atoms with Crippen molar-refractivity contribution in [3.63, 3.8) is 0 Å². The Hall–Kier alpha value is -4.84. The molecular weight excluding hydrogens is 410 g/mol. The van der Waals surface area contributed by atoms with Gasteiger partial charge in [0.1, 0.15) is 29.3 Å². The molecular formula is C19H15N5O7. The van der Waals surface area contributed by atoms with Crippen LogP contribution in [-0.2, 0) is 11.3 Å². The second-order valence-electron chi connectivity index (χ2n) is 6.11. The number of carbonyl (C=O) groups is 1. The number of aromatic nitrogens is 1. The Morgan fingerprint density at radius 1 is 1.32 bits per heavy atom. The highest BCUT2D eigenvalue weighted by Crippen LogP contribution is 2.38. The summed E-state index contributed by atoms with van der Waals surface area (Å²) in [6, 6.07) is 6.39. The summed E-state index contributed by atoms with van der Waals surface area (Å²) in [6.45, 7) is -0.237. The quantitative estimate of drug-likeness (QED) is 0.202. The number of phenols is 1. The van der Waals surface area contributed by atoms with E-state index in [2.05, 4.69) is 4.98 Å². The molecule has 2 rings (SSSR count). The van der Waals surface area contributed by atoms with E-state index in [0.29, 0.717) is 0 Å². The van der Waals surface area contributed by atoms with Crippen molar-refractivity contribution in [2.24, 2.45) is 0 Å². The Bertz CT molecular complexity index is 1180. The van der Waals surface area contributed by atoms with Crippen molar-refractivity contribution in [2.45, 2.75) is 6.54 Å². The third-order valence-corrected chi connectivity index (χ3v) is 4.14. The lowest BCUT2D eigenvalue weighted by Gasteiger charge is -2.18. The molecule has 0 unspecified atom stereocenters. The van der Waals surface area contributed by atoms with Gasteiger partial charge in [0.15, 0.2) is 11.3 Å². The standard InChI is InChI=1S/C19H15N5O7/c1-23(9-11-3-12(6-20)22-8-15(11)25)19(28)13(7-21)17(26)10-4-14(24(29)30)18(27)16(5-10)31-2/h3-5,8,25-27H,9H2,1-2H3/b17-13-. The van der Waals surface area contributed by atoms with Crippen molar-refractivity contribution >= 4 is 17.4 Å². The zero-order valence-corrected chi connectivity index (χ0v) is 16.2. The Kier molecular flexibility index (Phi) is 6.59. The van der Waals surface area contributed by atoms with Crippen molar-refractivity contribution in [1.29, 1.82) is 10.5 Å². The Morgan fingerprint density at radius 2 is 2.00 bits per heavy atom. The third-order valence-electron chi connectivity index (χ3n) is 4.14. The molecule has 0 spiro atoms. The predicted octanol–water partition coefficient (Wildman–Crippen LogP) is 1.73. The van der Waals surface area contributed by atoms with Gasteiger partial charge in [-0.1, -0.05) is 0 Å². The molecule has 2 aromatic rings. The van der Waals surface area contributed by atoms with Crippen molar-refractivity contribution in [3.05, 3.63) is 56.9 Å². The van der Waals surface area contributed by atoms with E-state index in [9.17, 15) is 35.5 Å². The van der Waals surface area contributed by atoms with Gasteiger partial charge in [0.05, 0.1) is 18.2 Å². The van der Waals surface area contributed by atoms with Crippen LogP contribution in [0, 0.1) is 32.8 Å². The zero-order chi connectivity index (χ0) is 23.3. The molecule has 31 heavy (non-hydrogen) atoms. The number of nitrogens with zero attached hydrogens (tertiary/aromatic N) is 5. The maximum Gasteiger partial charge on any atom is 0.315 e. The van der Waals surface area contributed by atoms with Crippen LogP contribution in [-0.4, -0.2) is 50.2 Å². The molecule has 0 saturated heterocycles. The number of aliphatic hydroxyl groups excluding tert-OH is 1. The van der Waals surface area contributed by atoms with Crippen molar-refractivity contribution in [3.8, 4) is 29.4 Å². The van der Waals surface area contributed by atoms with Gasteiger partial charge in [-0.05, 0) is 12.1 Å². The molecule has 0 aliphatic heterocycles. The molecule has 1 heterocycles. The lowest BCUT2D eigenvalue weighted by atomic mass is 10.1. The summed E-state index contributed by atoms with van der Waals surface area (Å²) in [5.41, 5.74) is -1.70. The van der Waals surface area contributed by atoms with Gasteiger partial charge in [0.2, 0.25) is 5.75 Å². The highest BCUT2D eigenvalue weighted by Gasteiger charge is 2.26. The predicted molar refractivity (Wildman–Crippen MR) is 104 cm³/mol. The molecule has 0 bridgehead atoms. The number of methoxy groups -OCH3 is 1. The van der Waals surface area contributed by atoms with E-state index < -0.39 is 33.6 Å². The SMILES string of the molecule is COc1cc(/C(O)=C(\C#N)C(=O)N(C)Cc2cc(C#N)ncc2O)cc([N+](=O)[O-])c1O. The Balaban J connectivity index is 2.47. The van der Waals surface area contributed by atoms with Crippen molar-refractivity contribution < 1.29 is 29.8 Å². The molecule has 158 valence electrons. The highest BCUT2D eigenvalue weighted by atomic mass is 16.6. The van der Waals surface area contributed by atoms with Crippen LogP contribution in [0.15, 0.2) is 30.0 Å². The van der Waals surface area contributed by atoms with Crippen LogP contribution < -0.4 is 4.74 Å². The normalized spacial score (nSPS) is 11.0. The summed E-state index contributed by atoms with van der Waals surface area (Å²) < 4.78 is 4.84. The number of nitriles is 2. The van der Waals surface area contributed by atoms with Gasteiger partial charge in [-0.2, -0.15) is 10.5 Å². The van der Waals surface area contributed by atoms with E-state index in [1.54, 1.807) is 12.1 Å². The molecule has 0 saturated carbocycles. The van der Waals surface area contributed by atoms with E-state index >= 15 is 0 Å². The maximum atomic E-state index is 12.7. The van der Waals surface area contributed by atoms with Gasteiger partial charge in [0.25, 0.3) is 5.91 Å². The molecule has 12 nitrogen and oxygen atoms in total. The van der Waals surface area contributed by atoms with Crippen molar-refractivity contribution in [2.75, 3.05) is 14.2 Å². The minimum Gasteiger partial charge on any atom is -0.506 e. The fraction of sp³-hybridized carbons (Fsp3) is 0.158. The molecule has 0 radical (unpaired) electrons. The summed E-state index contributed by atoms with van der Waals surface area (Å²) in [4.78, 5) is 27.6. The van der Waals surface area contributed by atoms with E-state index in [1.165, 1.54) is 13.1 Å². The molecule has 1 aromatic heterocycles. The number of ether oxygens (including phenoxy) is 1. The average molecular weight is 425 g/mol. The number of aromatic hydroxyl groups is 2. The summed E-state index contributed by atoms with van der Waals surface area (Å²) in [5, 5.41) is 59.6. The Labute approximate surface area is 175 Å². The minimum atomic E-state index is -0.968.